The number of rotatable bonds is 5. The number of hydrogen-bond donors (Lipinski definition) is 2. The van der Waals surface area contributed by atoms with Gasteiger partial charge in [0.05, 0.1) is 6.10 Å². The largest absolute Gasteiger partial charge is 0.393 e. The molecule has 0 aliphatic heterocycles. The molecule has 1 aliphatic rings. The normalized spacial score (nSPS) is 18.8. The minimum atomic E-state index is -0.383. The average Bonchev–Trinajstić information content (AvgIpc) is 3.03. The predicted octanol–water partition coefficient (Wildman–Crippen LogP) is 1.15. The van der Waals surface area contributed by atoms with Crippen LogP contribution < -0.4 is 10.9 Å². The molecule has 1 aromatic heterocycles. The molecule has 1 heterocycles. The van der Waals surface area contributed by atoms with E-state index in [9.17, 15) is 9.90 Å². The summed E-state index contributed by atoms with van der Waals surface area (Å²) < 4.78 is 1.74. The summed E-state index contributed by atoms with van der Waals surface area (Å²) >= 11 is 0. The van der Waals surface area contributed by atoms with Gasteiger partial charge in [0.2, 0.25) is 0 Å². The third-order valence-corrected chi connectivity index (χ3v) is 2.89. The van der Waals surface area contributed by atoms with Crippen molar-refractivity contribution in [3.05, 3.63) is 22.7 Å². The monoisotopic (exact) mass is 237 g/mol. The lowest BCUT2D eigenvalue weighted by molar-refractivity contribution is 0.179. The van der Waals surface area contributed by atoms with Gasteiger partial charge in [0.15, 0.2) is 5.82 Å². The second-order valence-electron chi connectivity index (χ2n) is 4.85. The summed E-state index contributed by atoms with van der Waals surface area (Å²) in [7, 11) is 0. The van der Waals surface area contributed by atoms with Crippen molar-refractivity contribution in [2.24, 2.45) is 0 Å². The Morgan fingerprint density at radius 2 is 2.29 bits per heavy atom. The molecule has 0 bridgehead atoms. The van der Waals surface area contributed by atoms with E-state index in [1.165, 1.54) is 0 Å². The van der Waals surface area contributed by atoms with Crippen LogP contribution in [0.5, 0.6) is 0 Å². The summed E-state index contributed by atoms with van der Waals surface area (Å²) in [4.78, 5) is 16.1. The van der Waals surface area contributed by atoms with Crippen LogP contribution in [0.3, 0.4) is 0 Å². The maximum absolute atomic E-state index is 12.0. The highest BCUT2D eigenvalue weighted by Gasteiger charge is 2.25. The van der Waals surface area contributed by atoms with Crippen LogP contribution in [0.4, 0.5) is 5.82 Å². The van der Waals surface area contributed by atoms with Crippen LogP contribution in [0.2, 0.25) is 0 Å². The van der Waals surface area contributed by atoms with Crippen LogP contribution in [0.1, 0.15) is 39.2 Å². The molecule has 17 heavy (non-hydrogen) atoms. The minimum absolute atomic E-state index is 0.0326. The zero-order valence-corrected chi connectivity index (χ0v) is 10.3. The number of nitrogens with one attached hydrogen (secondary N) is 1. The standard InChI is InChI=1S/C12H19N3O2/c1-8(7-9(2)16)14-11-12(17)15(6-5-13-11)10-3-4-10/h5-6,8-10,16H,3-4,7H2,1-2H3,(H,13,14). The summed E-state index contributed by atoms with van der Waals surface area (Å²) in [5.74, 6) is 0.382. The van der Waals surface area contributed by atoms with E-state index >= 15 is 0 Å². The van der Waals surface area contributed by atoms with Crippen LogP contribution >= 0.6 is 0 Å². The Hall–Kier alpha value is -1.36. The van der Waals surface area contributed by atoms with Crippen molar-refractivity contribution in [2.45, 2.75) is 51.3 Å². The fraction of sp³-hybridized carbons (Fsp3) is 0.667. The van der Waals surface area contributed by atoms with Gasteiger partial charge in [-0.1, -0.05) is 0 Å². The minimum Gasteiger partial charge on any atom is -0.393 e. The molecule has 2 atom stereocenters. The molecule has 0 aromatic carbocycles. The van der Waals surface area contributed by atoms with Gasteiger partial charge >= 0.3 is 0 Å². The first-order valence-electron chi connectivity index (χ1n) is 6.09. The first-order chi connectivity index (χ1) is 8.08. The number of hydrogen-bond acceptors (Lipinski definition) is 4. The van der Waals surface area contributed by atoms with Crippen molar-refractivity contribution in [3.63, 3.8) is 0 Å². The van der Waals surface area contributed by atoms with E-state index in [0.29, 0.717) is 18.3 Å². The van der Waals surface area contributed by atoms with Gasteiger partial charge < -0.3 is 15.0 Å². The van der Waals surface area contributed by atoms with Crippen LogP contribution in [-0.2, 0) is 0 Å². The lowest BCUT2D eigenvalue weighted by Gasteiger charge is -2.16. The molecule has 5 heteroatoms. The lowest BCUT2D eigenvalue weighted by Crippen LogP contribution is -2.29. The topological polar surface area (TPSA) is 67.2 Å². The van der Waals surface area contributed by atoms with Crippen molar-refractivity contribution < 1.29 is 5.11 Å². The van der Waals surface area contributed by atoms with Crippen LogP contribution in [0, 0.1) is 0 Å². The SMILES string of the molecule is CC(O)CC(C)Nc1nccn(C2CC2)c1=O. The molecule has 5 nitrogen and oxygen atoms in total. The molecular formula is C12H19N3O2. The second-order valence-corrected chi connectivity index (χ2v) is 4.85. The number of aromatic nitrogens is 2. The fourth-order valence-electron chi connectivity index (χ4n) is 1.97. The molecule has 0 radical (unpaired) electrons. The van der Waals surface area contributed by atoms with Crippen molar-refractivity contribution in [1.29, 1.82) is 0 Å². The highest BCUT2D eigenvalue weighted by Crippen LogP contribution is 2.33. The summed E-state index contributed by atoms with van der Waals surface area (Å²) in [6, 6.07) is 0.392. The smallest absolute Gasteiger partial charge is 0.293 e. The zero-order valence-electron chi connectivity index (χ0n) is 10.3. The Labute approximate surface area is 100 Å². The predicted molar refractivity (Wildman–Crippen MR) is 66.2 cm³/mol. The average molecular weight is 237 g/mol. The van der Waals surface area contributed by atoms with E-state index in [1.807, 2.05) is 6.92 Å². The molecule has 2 rings (SSSR count). The van der Waals surface area contributed by atoms with Gasteiger partial charge in [-0.25, -0.2) is 4.98 Å². The molecule has 0 saturated heterocycles. The van der Waals surface area contributed by atoms with E-state index in [2.05, 4.69) is 10.3 Å². The first kappa shape index (κ1) is 12.1. The van der Waals surface area contributed by atoms with E-state index in [-0.39, 0.29) is 17.7 Å². The van der Waals surface area contributed by atoms with Crippen molar-refractivity contribution in [3.8, 4) is 0 Å². The van der Waals surface area contributed by atoms with Gasteiger partial charge in [-0.05, 0) is 33.1 Å². The summed E-state index contributed by atoms with van der Waals surface area (Å²) in [5.41, 5.74) is -0.0626. The van der Waals surface area contributed by atoms with Gasteiger partial charge in [0, 0.05) is 24.5 Å². The van der Waals surface area contributed by atoms with Crippen molar-refractivity contribution >= 4 is 5.82 Å². The summed E-state index contributed by atoms with van der Waals surface area (Å²) in [6.07, 6.45) is 5.76. The highest BCUT2D eigenvalue weighted by atomic mass is 16.3. The summed E-state index contributed by atoms with van der Waals surface area (Å²) in [6.45, 7) is 3.67. The Kier molecular flexibility index (Phi) is 3.47. The van der Waals surface area contributed by atoms with Gasteiger partial charge in [-0.3, -0.25) is 4.79 Å². The molecular weight excluding hydrogens is 218 g/mol. The second kappa shape index (κ2) is 4.87. The Morgan fingerprint density at radius 3 is 2.88 bits per heavy atom. The molecule has 2 N–H and O–H groups in total. The molecule has 1 aliphatic carbocycles. The molecule has 0 amide bonds. The Bertz CT molecular complexity index is 438. The van der Waals surface area contributed by atoms with Gasteiger partial charge in [0.25, 0.3) is 5.56 Å². The highest BCUT2D eigenvalue weighted by molar-refractivity contribution is 5.32. The van der Waals surface area contributed by atoms with Crippen LogP contribution in [0.15, 0.2) is 17.2 Å². The Morgan fingerprint density at radius 1 is 1.59 bits per heavy atom. The zero-order chi connectivity index (χ0) is 12.4. The van der Waals surface area contributed by atoms with Crippen molar-refractivity contribution in [1.82, 2.24) is 9.55 Å². The third-order valence-electron chi connectivity index (χ3n) is 2.89. The van der Waals surface area contributed by atoms with Crippen LogP contribution in [0.25, 0.3) is 0 Å². The number of nitrogens with zero attached hydrogens (tertiary/aromatic N) is 2. The Balaban J connectivity index is 2.10. The van der Waals surface area contributed by atoms with Gasteiger partial charge in [0.1, 0.15) is 0 Å². The number of anilines is 1. The number of aliphatic hydroxyl groups is 1. The van der Waals surface area contributed by atoms with Crippen LogP contribution in [-0.4, -0.2) is 26.8 Å². The third kappa shape index (κ3) is 3.06. The van der Waals surface area contributed by atoms with Crippen molar-refractivity contribution in [2.75, 3.05) is 5.32 Å². The van der Waals surface area contributed by atoms with Gasteiger partial charge in [-0.15, -0.1) is 0 Å². The van der Waals surface area contributed by atoms with E-state index in [0.717, 1.165) is 12.8 Å². The maximum Gasteiger partial charge on any atom is 0.293 e. The molecule has 1 fully saturated rings. The van der Waals surface area contributed by atoms with E-state index < -0.39 is 0 Å². The molecule has 1 saturated carbocycles. The fourth-order valence-corrected chi connectivity index (χ4v) is 1.97. The first-order valence-corrected chi connectivity index (χ1v) is 6.09. The maximum atomic E-state index is 12.0. The summed E-state index contributed by atoms with van der Waals surface area (Å²) in [5, 5.41) is 12.3. The molecule has 94 valence electrons. The molecule has 0 spiro atoms. The van der Waals surface area contributed by atoms with E-state index in [4.69, 9.17) is 0 Å². The molecule has 1 aromatic rings. The number of aliphatic hydroxyl groups excluding tert-OH is 1. The quantitative estimate of drug-likeness (QED) is 0.806. The van der Waals surface area contributed by atoms with E-state index in [1.54, 1.807) is 23.9 Å². The lowest BCUT2D eigenvalue weighted by atomic mass is 10.1. The van der Waals surface area contributed by atoms with Gasteiger partial charge in [-0.2, -0.15) is 0 Å². The molecule has 2 unspecified atom stereocenters.